The molecule has 0 spiro atoms. The molecule has 1 aliphatic heterocycles. The number of nitrogens with one attached hydrogen (secondary N) is 1. The van der Waals surface area contributed by atoms with Crippen LogP contribution in [0.3, 0.4) is 0 Å². The first-order valence-corrected chi connectivity index (χ1v) is 5.67. The van der Waals surface area contributed by atoms with Crippen molar-refractivity contribution in [2.45, 2.75) is 25.7 Å². The van der Waals surface area contributed by atoms with Gasteiger partial charge in [0.25, 0.3) is 0 Å². The van der Waals surface area contributed by atoms with Gasteiger partial charge in [0.1, 0.15) is 0 Å². The molecular formula is C12H17N2O. The van der Waals surface area contributed by atoms with Gasteiger partial charge in [0.05, 0.1) is 0 Å². The molecule has 0 aromatic carbocycles. The van der Waals surface area contributed by atoms with Crippen LogP contribution in [0.4, 0.5) is 0 Å². The number of hydrogen-bond acceptors (Lipinski definition) is 2. The summed E-state index contributed by atoms with van der Waals surface area (Å²) in [5.41, 5.74) is 0.953. The second-order valence-electron chi connectivity index (χ2n) is 4.23. The number of pyridine rings is 1. The van der Waals surface area contributed by atoms with E-state index in [1.54, 1.807) is 12.3 Å². The summed E-state index contributed by atoms with van der Waals surface area (Å²) in [6.45, 7) is 2.23. The Kier molecular flexibility index (Phi) is 3.56. The van der Waals surface area contributed by atoms with E-state index in [4.69, 9.17) is 0 Å². The average molecular weight is 205 g/mol. The predicted octanol–water partition coefficient (Wildman–Crippen LogP) is 2.16. The molecule has 15 heavy (non-hydrogen) atoms. The summed E-state index contributed by atoms with van der Waals surface area (Å²) in [6.07, 6.45) is 6.26. The molecule has 1 radical (unpaired) electrons. The minimum absolute atomic E-state index is 0.0757. The molecule has 2 heterocycles. The molecule has 1 fully saturated rings. The molecule has 0 bridgehead atoms. The van der Waals surface area contributed by atoms with Gasteiger partial charge < -0.3 is 5.32 Å². The smallest absolute Gasteiger partial charge is 0.181 e. The van der Waals surface area contributed by atoms with Gasteiger partial charge in [-0.15, -0.1) is 0 Å². The topological polar surface area (TPSA) is 44.8 Å². The van der Waals surface area contributed by atoms with Gasteiger partial charge in [0, 0.05) is 24.0 Å². The van der Waals surface area contributed by atoms with Gasteiger partial charge in [-0.1, -0.05) is 0 Å². The Bertz CT molecular complexity index is 306. The molecule has 3 heteroatoms. The minimum atomic E-state index is 0.0757. The van der Waals surface area contributed by atoms with Crippen molar-refractivity contribution >= 4 is 0 Å². The Morgan fingerprint density at radius 2 is 2.33 bits per heavy atom. The lowest BCUT2D eigenvalue weighted by Crippen LogP contribution is -2.14. The monoisotopic (exact) mass is 205 g/mol. The van der Waals surface area contributed by atoms with E-state index < -0.39 is 0 Å². The Morgan fingerprint density at radius 1 is 1.40 bits per heavy atom. The molecule has 0 amide bonds. The number of nitrogens with zero attached hydrogens (tertiary/aromatic N) is 1. The van der Waals surface area contributed by atoms with E-state index in [9.17, 15) is 5.11 Å². The van der Waals surface area contributed by atoms with Crippen molar-refractivity contribution in [3.8, 4) is 5.75 Å². The maximum absolute atomic E-state index is 11.1. The van der Waals surface area contributed by atoms with Crippen molar-refractivity contribution in [3.05, 3.63) is 24.0 Å². The largest absolute Gasteiger partial charge is 0.317 e. The van der Waals surface area contributed by atoms with Gasteiger partial charge in [-0.3, -0.25) is 10.1 Å². The highest BCUT2D eigenvalue weighted by Gasteiger charge is 2.13. The van der Waals surface area contributed by atoms with E-state index >= 15 is 0 Å². The third-order valence-electron chi connectivity index (χ3n) is 2.98. The summed E-state index contributed by atoms with van der Waals surface area (Å²) in [5, 5.41) is 14.5. The number of aromatic nitrogens is 1. The standard InChI is InChI=1S/C12H17N2O/c15-12-4-7-14-11(9-12)8-10-2-1-5-13-6-3-10/h4,7,9-10,13H,1-3,5-6,8H2. The maximum atomic E-state index is 11.1. The normalized spacial score (nSPS) is 22.3. The summed E-state index contributed by atoms with van der Waals surface area (Å²) >= 11 is 0. The van der Waals surface area contributed by atoms with Crippen LogP contribution in [-0.4, -0.2) is 18.1 Å². The minimum Gasteiger partial charge on any atom is -0.317 e. The Hall–Kier alpha value is -1.09. The number of rotatable bonds is 2. The maximum Gasteiger partial charge on any atom is 0.181 e. The molecule has 1 N–H and O–H groups in total. The lowest BCUT2D eigenvalue weighted by Gasteiger charge is -2.12. The molecule has 1 unspecified atom stereocenters. The fourth-order valence-corrected chi connectivity index (χ4v) is 2.16. The van der Waals surface area contributed by atoms with Crippen molar-refractivity contribution in [3.63, 3.8) is 0 Å². The van der Waals surface area contributed by atoms with Gasteiger partial charge in [-0.2, -0.15) is 0 Å². The van der Waals surface area contributed by atoms with Crippen molar-refractivity contribution in [2.24, 2.45) is 5.92 Å². The van der Waals surface area contributed by atoms with Crippen molar-refractivity contribution in [1.29, 1.82) is 0 Å². The SMILES string of the molecule is [O]c1ccnc(CC2CCCNCC2)c1. The fourth-order valence-electron chi connectivity index (χ4n) is 2.16. The van der Waals surface area contributed by atoms with Crippen LogP contribution in [0.1, 0.15) is 25.0 Å². The molecule has 1 saturated heterocycles. The van der Waals surface area contributed by atoms with Crippen LogP contribution in [0.2, 0.25) is 0 Å². The quantitative estimate of drug-likeness (QED) is 0.804. The first-order chi connectivity index (χ1) is 7.34. The summed E-state index contributed by atoms with van der Waals surface area (Å²) in [5.74, 6) is 0.765. The highest BCUT2D eigenvalue weighted by molar-refractivity contribution is 5.20. The lowest BCUT2D eigenvalue weighted by molar-refractivity contribution is 0.353. The second-order valence-corrected chi connectivity index (χ2v) is 4.23. The van der Waals surface area contributed by atoms with E-state index in [-0.39, 0.29) is 5.75 Å². The van der Waals surface area contributed by atoms with Gasteiger partial charge in [-0.25, -0.2) is 0 Å². The van der Waals surface area contributed by atoms with E-state index in [1.165, 1.54) is 25.3 Å². The third-order valence-corrected chi connectivity index (χ3v) is 2.98. The molecule has 0 saturated carbocycles. The van der Waals surface area contributed by atoms with Crippen LogP contribution in [-0.2, 0) is 11.5 Å². The lowest BCUT2D eigenvalue weighted by atomic mass is 9.95. The second kappa shape index (κ2) is 5.12. The zero-order valence-electron chi connectivity index (χ0n) is 8.91. The van der Waals surface area contributed by atoms with Crippen LogP contribution in [0, 0.1) is 5.92 Å². The van der Waals surface area contributed by atoms with Crippen LogP contribution in [0.5, 0.6) is 5.75 Å². The highest BCUT2D eigenvalue weighted by Crippen LogP contribution is 2.19. The van der Waals surface area contributed by atoms with Crippen LogP contribution in [0.15, 0.2) is 18.3 Å². The van der Waals surface area contributed by atoms with E-state index in [2.05, 4.69) is 10.3 Å². The Labute approximate surface area is 90.5 Å². The molecular weight excluding hydrogens is 188 g/mol. The molecule has 1 aliphatic rings. The highest BCUT2D eigenvalue weighted by atomic mass is 16.3. The summed E-state index contributed by atoms with van der Waals surface area (Å²) in [7, 11) is 0. The third kappa shape index (κ3) is 3.20. The van der Waals surface area contributed by atoms with Crippen LogP contribution in [0.25, 0.3) is 0 Å². The zero-order valence-corrected chi connectivity index (χ0v) is 8.91. The number of hydrogen-bond donors (Lipinski definition) is 1. The first kappa shape index (κ1) is 10.4. The molecule has 1 aromatic heterocycles. The molecule has 3 nitrogen and oxygen atoms in total. The van der Waals surface area contributed by atoms with E-state index in [0.29, 0.717) is 5.92 Å². The Morgan fingerprint density at radius 3 is 3.20 bits per heavy atom. The molecule has 0 aliphatic carbocycles. The predicted molar refractivity (Wildman–Crippen MR) is 58.3 cm³/mol. The first-order valence-electron chi connectivity index (χ1n) is 5.67. The molecule has 1 atom stereocenters. The molecule has 81 valence electrons. The fraction of sp³-hybridized carbons (Fsp3) is 0.583. The van der Waals surface area contributed by atoms with Gasteiger partial charge >= 0.3 is 0 Å². The van der Waals surface area contributed by atoms with Crippen molar-refractivity contribution < 1.29 is 5.11 Å². The summed E-state index contributed by atoms with van der Waals surface area (Å²) in [6, 6.07) is 3.18. The Balaban J connectivity index is 1.95. The van der Waals surface area contributed by atoms with E-state index in [1.807, 2.05) is 0 Å². The molecule has 2 rings (SSSR count). The van der Waals surface area contributed by atoms with E-state index in [0.717, 1.165) is 25.2 Å². The van der Waals surface area contributed by atoms with Crippen molar-refractivity contribution in [2.75, 3.05) is 13.1 Å². The summed E-state index contributed by atoms with van der Waals surface area (Å²) < 4.78 is 0. The van der Waals surface area contributed by atoms with Gasteiger partial charge in [0.15, 0.2) is 5.75 Å². The van der Waals surface area contributed by atoms with Gasteiger partial charge in [-0.05, 0) is 44.7 Å². The van der Waals surface area contributed by atoms with Crippen LogP contribution >= 0.6 is 0 Å². The average Bonchev–Trinajstić information content (AvgIpc) is 2.46. The van der Waals surface area contributed by atoms with Gasteiger partial charge in [0.2, 0.25) is 0 Å². The van der Waals surface area contributed by atoms with Crippen molar-refractivity contribution in [1.82, 2.24) is 10.3 Å². The zero-order chi connectivity index (χ0) is 10.5. The summed E-state index contributed by atoms with van der Waals surface area (Å²) in [4.78, 5) is 4.24. The molecule has 1 aromatic rings. The van der Waals surface area contributed by atoms with Crippen LogP contribution < -0.4 is 5.32 Å².